The third-order valence-electron chi connectivity index (χ3n) is 2.55. The van der Waals surface area contributed by atoms with Crippen molar-refractivity contribution < 1.29 is 4.79 Å². The molecule has 0 aromatic carbocycles. The molecule has 0 saturated heterocycles. The highest BCUT2D eigenvalue weighted by Crippen LogP contribution is 2.37. The quantitative estimate of drug-likeness (QED) is 0.892. The molecule has 0 aliphatic carbocycles. The summed E-state index contributed by atoms with van der Waals surface area (Å²) in [6.07, 6.45) is 0. The van der Waals surface area contributed by atoms with E-state index in [9.17, 15) is 4.79 Å². The van der Waals surface area contributed by atoms with Crippen molar-refractivity contribution in [3.05, 3.63) is 15.6 Å². The fourth-order valence-electron chi connectivity index (χ4n) is 1.67. The van der Waals surface area contributed by atoms with Gasteiger partial charge in [0, 0.05) is 16.8 Å². The first-order chi connectivity index (χ1) is 8.07. The van der Waals surface area contributed by atoms with Gasteiger partial charge in [-0.3, -0.25) is 4.79 Å². The SMILES string of the molecule is CCNC(=O)c1nc(C(C)(C)C)c(C(C)(C)C)s1. The van der Waals surface area contributed by atoms with E-state index in [1.165, 1.54) is 16.2 Å². The summed E-state index contributed by atoms with van der Waals surface area (Å²) in [6, 6.07) is 0. The van der Waals surface area contributed by atoms with Gasteiger partial charge >= 0.3 is 0 Å². The average Bonchev–Trinajstić information content (AvgIpc) is 2.60. The summed E-state index contributed by atoms with van der Waals surface area (Å²) in [7, 11) is 0. The van der Waals surface area contributed by atoms with Crippen LogP contribution in [0.5, 0.6) is 0 Å². The van der Waals surface area contributed by atoms with E-state index in [1.54, 1.807) is 0 Å². The summed E-state index contributed by atoms with van der Waals surface area (Å²) in [5.74, 6) is -0.0662. The van der Waals surface area contributed by atoms with Crippen molar-refractivity contribution in [2.24, 2.45) is 0 Å². The van der Waals surface area contributed by atoms with E-state index < -0.39 is 0 Å². The number of carbonyl (C=O) groups is 1. The largest absolute Gasteiger partial charge is 0.350 e. The Morgan fingerprint density at radius 1 is 1.17 bits per heavy atom. The Hall–Kier alpha value is -0.900. The number of hydrogen-bond acceptors (Lipinski definition) is 3. The zero-order chi connectivity index (χ0) is 14.1. The van der Waals surface area contributed by atoms with Gasteiger partial charge in [-0.25, -0.2) is 4.98 Å². The van der Waals surface area contributed by atoms with Gasteiger partial charge in [-0.1, -0.05) is 41.5 Å². The summed E-state index contributed by atoms with van der Waals surface area (Å²) >= 11 is 1.52. The minimum absolute atomic E-state index is 0.0189. The Kier molecular flexibility index (Phi) is 4.21. The number of nitrogens with zero attached hydrogens (tertiary/aromatic N) is 1. The molecule has 3 nitrogen and oxygen atoms in total. The molecule has 0 atom stereocenters. The van der Waals surface area contributed by atoms with E-state index in [0.29, 0.717) is 11.6 Å². The van der Waals surface area contributed by atoms with Gasteiger partial charge in [-0.2, -0.15) is 0 Å². The molecular formula is C14H24N2OS. The molecule has 0 fully saturated rings. The first-order valence-electron chi connectivity index (χ1n) is 6.37. The molecular weight excluding hydrogens is 244 g/mol. The lowest BCUT2D eigenvalue weighted by Gasteiger charge is -2.24. The van der Waals surface area contributed by atoms with Crippen LogP contribution in [0.3, 0.4) is 0 Å². The van der Waals surface area contributed by atoms with E-state index in [0.717, 1.165) is 5.69 Å². The number of hydrogen-bond donors (Lipinski definition) is 1. The maximum absolute atomic E-state index is 11.9. The number of thiazole rings is 1. The summed E-state index contributed by atoms with van der Waals surface area (Å²) in [5.41, 5.74) is 1.02. The number of aromatic nitrogens is 1. The van der Waals surface area contributed by atoms with Crippen LogP contribution in [-0.2, 0) is 10.8 Å². The van der Waals surface area contributed by atoms with E-state index in [-0.39, 0.29) is 16.7 Å². The van der Waals surface area contributed by atoms with Gasteiger partial charge in [0.05, 0.1) is 5.69 Å². The third kappa shape index (κ3) is 3.31. The van der Waals surface area contributed by atoms with Gasteiger partial charge in [0.1, 0.15) is 0 Å². The Balaban J connectivity index is 3.29. The lowest BCUT2D eigenvalue weighted by Crippen LogP contribution is -2.23. The van der Waals surface area contributed by atoms with Gasteiger partial charge in [0.15, 0.2) is 5.01 Å². The fourth-order valence-corrected chi connectivity index (χ4v) is 2.92. The molecule has 0 aliphatic heterocycles. The highest BCUT2D eigenvalue weighted by atomic mass is 32.1. The van der Waals surface area contributed by atoms with Gasteiger partial charge in [-0.15, -0.1) is 11.3 Å². The second-order valence-corrected chi connectivity index (χ2v) is 7.56. The third-order valence-corrected chi connectivity index (χ3v) is 4.03. The molecule has 18 heavy (non-hydrogen) atoms. The predicted octanol–water partition coefficient (Wildman–Crippen LogP) is 3.49. The van der Waals surface area contributed by atoms with Crippen molar-refractivity contribution in [1.82, 2.24) is 10.3 Å². The van der Waals surface area contributed by atoms with Crippen molar-refractivity contribution in [3.63, 3.8) is 0 Å². The minimum Gasteiger partial charge on any atom is -0.350 e. The van der Waals surface area contributed by atoms with Gasteiger partial charge < -0.3 is 5.32 Å². The Morgan fingerprint density at radius 2 is 1.72 bits per heavy atom. The van der Waals surface area contributed by atoms with Crippen LogP contribution >= 0.6 is 11.3 Å². The zero-order valence-electron chi connectivity index (χ0n) is 12.5. The second-order valence-electron chi connectivity index (χ2n) is 6.56. The second kappa shape index (κ2) is 5.00. The normalized spacial score (nSPS) is 12.6. The number of amides is 1. The summed E-state index contributed by atoms with van der Waals surface area (Å²) < 4.78 is 0. The monoisotopic (exact) mass is 268 g/mol. The smallest absolute Gasteiger partial charge is 0.280 e. The van der Waals surface area contributed by atoms with Crippen LogP contribution in [-0.4, -0.2) is 17.4 Å². The molecule has 0 radical (unpaired) electrons. The fraction of sp³-hybridized carbons (Fsp3) is 0.714. The maximum atomic E-state index is 11.9. The van der Waals surface area contributed by atoms with Crippen LogP contribution in [0.1, 0.15) is 68.8 Å². The number of nitrogens with one attached hydrogen (secondary N) is 1. The summed E-state index contributed by atoms with van der Waals surface area (Å²) in [4.78, 5) is 17.7. The molecule has 1 N–H and O–H groups in total. The summed E-state index contributed by atoms with van der Waals surface area (Å²) in [5, 5.41) is 3.39. The molecule has 0 saturated carbocycles. The molecule has 1 aromatic rings. The summed E-state index contributed by atoms with van der Waals surface area (Å²) in [6.45, 7) is 15.5. The van der Waals surface area contributed by atoms with Crippen LogP contribution in [0.25, 0.3) is 0 Å². The molecule has 1 aromatic heterocycles. The van der Waals surface area contributed by atoms with Gasteiger partial charge in [-0.05, 0) is 12.3 Å². The molecule has 0 bridgehead atoms. The molecule has 0 aliphatic rings. The zero-order valence-corrected chi connectivity index (χ0v) is 13.3. The highest BCUT2D eigenvalue weighted by Gasteiger charge is 2.30. The minimum atomic E-state index is -0.0662. The molecule has 0 spiro atoms. The van der Waals surface area contributed by atoms with E-state index in [2.05, 4.69) is 51.8 Å². The van der Waals surface area contributed by atoms with Gasteiger partial charge in [0.25, 0.3) is 5.91 Å². The molecule has 1 amide bonds. The first kappa shape index (κ1) is 15.2. The molecule has 1 rings (SSSR count). The average molecular weight is 268 g/mol. The Bertz CT molecular complexity index is 404. The molecule has 4 heteroatoms. The number of carbonyl (C=O) groups excluding carboxylic acids is 1. The van der Waals surface area contributed by atoms with Gasteiger partial charge in [0.2, 0.25) is 0 Å². The van der Waals surface area contributed by atoms with Crippen LogP contribution < -0.4 is 5.32 Å². The van der Waals surface area contributed by atoms with Crippen molar-refractivity contribution >= 4 is 17.2 Å². The van der Waals surface area contributed by atoms with Crippen LogP contribution in [0.4, 0.5) is 0 Å². The number of rotatable bonds is 2. The first-order valence-corrected chi connectivity index (χ1v) is 7.19. The predicted molar refractivity (Wildman–Crippen MR) is 77.5 cm³/mol. The molecule has 1 heterocycles. The lowest BCUT2D eigenvalue weighted by molar-refractivity contribution is 0.0955. The maximum Gasteiger partial charge on any atom is 0.280 e. The molecule has 102 valence electrons. The van der Waals surface area contributed by atoms with Crippen molar-refractivity contribution in [2.75, 3.05) is 6.54 Å². The Labute approximate surface area is 114 Å². The van der Waals surface area contributed by atoms with Crippen LogP contribution in [0.2, 0.25) is 0 Å². The van der Waals surface area contributed by atoms with Crippen molar-refractivity contribution in [2.45, 2.75) is 59.3 Å². The standard InChI is InChI=1S/C14H24N2OS/c1-8-15-11(17)12-16-9(13(2,3)4)10(18-12)14(5,6)7/h8H2,1-7H3,(H,15,17). The lowest BCUT2D eigenvalue weighted by atomic mass is 9.84. The van der Waals surface area contributed by atoms with E-state index in [1.807, 2.05) is 6.92 Å². The van der Waals surface area contributed by atoms with E-state index >= 15 is 0 Å². The Morgan fingerprint density at radius 3 is 2.06 bits per heavy atom. The van der Waals surface area contributed by atoms with Crippen LogP contribution in [0, 0.1) is 0 Å². The van der Waals surface area contributed by atoms with Crippen molar-refractivity contribution in [3.8, 4) is 0 Å². The van der Waals surface area contributed by atoms with E-state index in [4.69, 9.17) is 0 Å². The van der Waals surface area contributed by atoms with Crippen molar-refractivity contribution in [1.29, 1.82) is 0 Å². The van der Waals surface area contributed by atoms with Crippen LogP contribution in [0.15, 0.2) is 0 Å². The molecule has 0 unspecified atom stereocenters. The topological polar surface area (TPSA) is 42.0 Å². The highest BCUT2D eigenvalue weighted by molar-refractivity contribution is 7.13.